The molecule has 1 atom stereocenters. The van der Waals surface area contributed by atoms with E-state index in [2.05, 4.69) is 5.32 Å². The second-order valence-electron chi connectivity index (χ2n) is 5.70. The van der Waals surface area contributed by atoms with Crippen molar-refractivity contribution in [3.63, 3.8) is 0 Å². The van der Waals surface area contributed by atoms with E-state index in [1.54, 1.807) is 49.6 Å². The third-order valence-corrected chi connectivity index (χ3v) is 4.86. The van der Waals surface area contributed by atoms with Gasteiger partial charge in [0.25, 0.3) is 0 Å². The number of carbonyl (C=O) groups excluding carboxylic acids is 2. The Kier molecular flexibility index (Phi) is 5.16. The first-order valence-corrected chi connectivity index (χ1v) is 8.44. The third-order valence-electron chi connectivity index (χ3n) is 4.06. The zero-order valence-electron chi connectivity index (χ0n) is 13.5. The van der Waals surface area contributed by atoms with E-state index in [0.717, 1.165) is 0 Å². The van der Waals surface area contributed by atoms with Crippen molar-refractivity contribution in [3.8, 4) is 5.75 Å². The van der Waals surface area contributed by atoms with E-state index < -0.39 is 5.92 Å². The highest BCUT2D eigenvalue weighted by Crippen LogP contribution is 2.36. The molecule has 0 saturated carbocycles. The summed E-state index contributed by atoms with van der Waals surface area (Å²) in [6, 6.07) is 12.2. The Morgan fingerprint density at radius 3 is 2.76 bits per heavy atom. The summed E-state index contributed by atoms with van der Waals surface area (Å²) in [6.07, 6.45) is 0.124. The number of hydrogen-bond acceptors (Lipinski definition) is 3. The van der Waals surface area contributed by atoms with E-state index in [1.165, 1.54) is 4.90 Å². The zero-order chi connectivity index (χ0) is 18.0. The number of halogens is 2. The lowest BCUT2D eigenvalue weighted by Crippen LogP contribution is -2.28. The van der Waals surface area contributed by atoms with Gasteiger partial charge in [0.15, 0.2) is 0 Å². The van der Waals surface area contributed by atoms with Gasteiger partial charge in [-0.25, -0.2) is 0 Å². The van der Waals surface area contributed by atoms with Crippen molar-refractivity contribution in [2.45, 2.75) is 6.42 Å². The largest absolute Gasteiger partial charge is 0.497 e. The van der Waals surface area contributed by atoms with Crippen LogP contribution in [0.4, 0.5) is 11.4 Å². The number of hydrogen-bond donors (Lipinski definition) is 1. The van der Waals surface area contributed by atoms with E-state index in [4.69, 9.17) is 27.9 Å². The molecule has 25 heavy (non-hydrogen) atoms. The predicted molar refractivity (Wildman–Crippen MR) is 98.5 cm³/mol. The van der Waals surface area contributed by atoms with Gasteiger partial charge in [0.1, 0.15) is 5.75 Å². The standard InChI is InChI=1S/C18H16Cl2N2O3/c1-25-13-5-2-4-12(9-13)21-18(24)11-8-16(23)22(10-11)15-7-3-6-14(19)17(15)20/h2-7,9,11H,8,10H2,1H3,(H,21,24)/t11-/m1/s1. The van der Waals surface area contributed by atoms with Crippen LogP contribution in [0.3, 0.4) is 0 Å². The lowest BCUT2D eigenvalue weighted by atomic mass is 10.1. The maximum atomic E-state index is 12.5. The molecule has 0 unspecified atom stereocenters. The number of ether oxygens (including phenoxy) is 1. The van der Waals surface area contributed by atoms with Crippen LogP contribution < -0.4 is 15.0 Å². The summed E-state index contributed by atoms with van der Waals surface area (Å²) < 4.78 is 5.14. The van der Waals surface area contributed by atoms with Gasteiger partial charge in [-0.3, -0.25) is 9.59 Å². The van der Waals surface area contributed by atoms with Gasteiger partial charge >= 0.3 is 0 Å². The molecule has 1 fully saturated rings. The summed E-state index contributed by atoms with van der Waals surface area (Å²) in [6.45, 7) is 0.259. The van der Waals surface area contributed by atoms with Crippen LogP contribution in [0, 0.1) is 5.92 Å². The molecule has 2 amide bonds. The summed E-state index contributed by atoms with van der Waals surface area (Å²) in [4.78, 5) is 26.3. The Morgan fingerprint density at radius 2 is 2.00 bits per heavy atom. The lowest BCUT2D eigenvalue weighted by molar-refractivity contribution is -0.122. The fraction of sp³-hybridized carbons (Fsp3) is 0.222. The van der Waals surface area contributed by atoms with E-state index >= 15 is 0 Å². The molecule has 0 aromatic heterocycles. The van der Waals surface area contributed by atoms with Crippen LogP contribution in [0.15, 0.2) is 42.5 Å². The van der Waals surface area contributed by atoms with Gasteiger partial charge in [-0.15, -0.1) is 0 Å². The number of nitrogens with one attached hydrogen (secondary N) is 1. The van der Waals surface area contributed by atoms with Crippen LogP contribution >= 0.6 is 23.2 Å². The molecule has 1 N–H and O–H groups in total. The second kappa shape index (κ2) is 7.33. The zero-order valence-corrected chi connectivity index (χ0v) is 15.0. The number of nitrogens with zero attached hydrogens (tertiary/aromatic N) is 1. The molecule has 3 rings (SSSR count). The van der Waals surface area contributed by atoms with Crippen molar-refractivity contribution >= 4 is 46.4 Å². The molecule has 0 radical (unpaired) electrons. The molecule has 1 heterocycles. The maximum absolute atomic E-state index is 12.5. The molecule has 7 heteroatoms. The van der Waals surface area contributed by atoms with Crippen LogP contribution in [-0.2, 0) is 9.59 Å². The van der Waals surface area contributed by atoms with E-state index in [1.807, 2.05) is 0 Å². The SMILES string of the molecule is COc1cccc(NC(=O)[C@@H]2CC(=O)N(c3cccc(Cl)c3Cl)C2)c1. The molecule has 1 saturated heterocycles. The minimum atomic E-state index is -0.464. The summed E-state index contributed by atoms with van der Waals surface area (Å²) >= 11 is 12.2. The number of benzene rings is 2. The van der Waals surface area contributed by atoms with E-state index in [0.29, 0.717) is 27.2 Å². The Balaban J connectivity index is 1.73. The second-order valence-corrected chi connectivity index (χ2v) is 6.48. The molecule has 130 valence electrons. The van der Waals surface area contributed by atoms with Gasteiger partial charge in [-0.1, -0.05) is 35.3 Å². The van der Waals surface area contributed by atoms with Crippen LogP contribution in [-0.4, -0.2) is 25.5 Å². The van der Waals surface area contributed by atoms with Crippen molar-refractivity contribution in [1.82, 2.24) is 0 Å². The Labute approximate surface area is 155 Å². The molecule has 1 aliphatic heterocycles. The Hall–Kier alpha value is -2.24. The number of carbonyl (C=O) groups is 2. The van der Waals surface area contributed by atoms with Gasteiger partial charge in [-0.05, 0) is 24.3 Å². The van der Waals surface area contributed by atoms with E-state index in [9.17, 15) is 9.59 Å². The monoisotopic (exact) mass is 378 g/mol. The first kappa shape index (κ1) is 17.6. The molecule has 2 aromatic carbocycles. The summed E-state index contributed by atoms with van der Waals surface area (Å²) in [5.41, 5.74) is 1.15. The molecule has 2 aromatic rings. The van der Waals surface area contributed by atoms with Crippen LogP contribution in [0.1, 0.15) is 6.42 Å². The Morgan fingerprint density at radius 1 is 1.24 bits per heavy atom. The number of amides is 2. The van der Waals surface area contributed by atoms with Crippen molar-refractivity contribution in [2.24, 2.45) is 5.92 Å². The molecular formula is C18H16Cl2N2O3. The maximum Gasteiger partial charge on any atom is 0.229 e. The molecule has 0 bridgehead atoms. The highest BCUT2D eigenvalue weighted by atomic mass is 35.5. The minimum absolute atomic E-state index is 0.124. The van der Waals surface area contributed by atoms with Gasteiger partial charge in [-0.2, -0.15) is 0 Å². The van der Waals surface area contributed by atoms with Crippen LogP contribution in [0.2, 0.25) is 10.0 Å². The van der Waals surface area contributed by atoms with Crippen LogP contribution in [0.25, 0.3) is 0 Å². The van der Waals surface area contributed by atoms with Crippen LogP contribution in [0.5, 0.6) is 5.75 Å². The van der Waals surface area contributed by atoms with Gasteiger partial charge in [0, 0.05) is 24.7 Å². The average Bonchev–Trinajstić information content (AvgIpc) is 2.99. The van der Waals surface area contributed by atoms with Crippen molar-refractivity contribution < 1.29 is 14.3 Å². The molecular weight excluding hydrogens is 363 g/mol. The molecule has 5 nitrogen and oxygen atoms in total. The molecule has 0 spiro atoms. The highest BCUT2D eigenvalue weighted by molar-refractivity contribution is 6.44. The van der Waals surface area contributed by atoms with E-state index in [-0.39, 0.29) is 24.8 Å². The third kappa shape index (κ3) is 3.72. The van der Waals surface area contributed by atoms with Gasteiger partial charge in [0.2, 0.25) is 11.8 Å². The summed E-state index contributed by atoms with van der Waals surface area (Å²) in [5.74, 6) is -0.196. The van der Waals surface area contributed by atoms with Crippen molar-refractivity contribution in [2.75, 3.05) is 23.9 Å². The fourth-order valence-electron chi connectivity index (χ4n) is 2.76. The molecule has 1 aliphatic rings. The summed E-state index contributed by atoms with van der Waals surface area (Å²) in [7, 11) is 1.56. The summed E-state index contributed by atoms with van der Waals surface area (Å²) in [5, 5.41) is 3.50. The Bertz CT molecular complexity index is 826. The predicted octanol–water partition coefficient (Wildman–Crippen LogP) is 3.99. The van der Waals surface area contributed by atoms with Gasteiger partial charge < -0.3 is 15.0 Å². The lowest BCUT2D eigenvalue weighted by Gasteiger charge is -2.18. The average molecular weight is 379 g/mol. The highest BCUT2D eigenvalue weighted by Gasteiger charge is 2.36. The topological polar surface area (TPSA) is 58.6 Å². The molecule has 0 aliphatic carbocycles. The quantitative estimate of drug-likeness (QED) is 0.874. The normalized spacial score (nSPS) is 16.8. The van der Waals surface area contributed by atoms with Gasteiger partial charge in [0.05, 0.1) is 28.8 Å². The smallest absolute Gasteiger partial charge is 0.229 e. The fourth-order valence-corrected chi connectivity index (χ4v) is 3.16. The minimum Gasteiger partial charge on any atom is -0.497 e. The number of methoxy groups -OCH3 is 1. The van der Waals surface area contributed by atoms with Crippen molar-refractivity contribution in [3.05, 3.63) is 52.5 Å². The number of anilines is 2. The first-order valence-electron chi connectivity index (χ1n) is 7.69. The van der Waals surface area contributed by atoms with Crippen molar-refractivity contribution in [1.29, 1.82) is 0 Å². The number of rotatable bonds is 4. The first-order chi connectivity index (χ1) is 12.0.